The predicted octanol–water partition coefficient (Wildman–Crippen LogP) is 3.06. The number of aryl methyl sites for hydroxylation is 1. The molecule has 1 unspecified atom stereocenters. The summed E-state index contributed by atoms with van der Waals surface area (Å²) >= 11 is 0. The first-order valence-electron chi connectivity index (χ1n) is 7.52. The highest BCUT2D eigenvalue weighted by Crippen LogP contribution is 2.16. The molecule has 2 aromatic rings. The maximum atomic E-state index is 11.1. The van der Waals surface area contributed by atoms with Gasteiger partial charge in [-0.2, -0.15) is 4.98 Å². The molecule has 0 aliphatic carbocycles. The minimum absolute atomic E-state index is 0. The largest absolute Gasteiger partial charge is 0.480 e. The predicted molar refractivity (Wildman–Crippen MR) is 89.5 cm³/mol. The summed E-state index contributed by atoms with van der Waals surface area (Å²) in [4.78, 5) is 15.4. The van der Waals surface area contributed by atoms with Gasteiger partial charge < -0.3 is 9.63 Å². The number of carboxylic acids is 1. The number of nitrogens with zero attached hydrogens (tertiary/aromatic N) is 2. The molecule has 2 rings (SSSR count). The molecule has 1 heterocycles. The molecule has 0 saturated carbocycles. The Morgan fingerprint density at radius 1 is 1.30 bits per heavy atom. The van der Waals surface area contributed by atoms with Crippen molar-refractivity contribution >= 4 is 18.4 Å². The van der Waals surface area contributed by atoms with Gasteiger partial charge >= 0.3 is 5.97 Å². The standard InChI is InChI=1S/C16H21N3O3.ClH/c1-3-5-13(16(20)21)17-10-14-18-15(19-22-14)12-8-6-11(4-2)7-9-12;/h6-9,13,17H,3-5,10H2,1-2H3,(H,20,21);1H. The molecule has 0 saturated heterocycles. The molecule has 0 radical (unpaired) electrons. The zero-order valence-corrected chi connectivity index (χ0v) is 14.1. The Hall–Kier alpha value is -1.92. The fourth-order valence-corrected chi connectivity index (χ4v) is 2.15. The van der Waals surface area contributed by atoms with E-state index in [9.17, 15) is 4.79 Å². The summed E-state index contributed by atoms with van der Waals surface area (Å²) in [5.74, 6) is 0.0375. The minimum atomic E-state index is -0.864. The van der Waals surface area contributed by atoms with Gasteiger partial charge in [0.2, 0.25) is 11.7 Å². The number of carbonyl (C=O) groups is 1. The maximum absolute atomic E-state index is 11.1. The van der Waals surface area contributed by atoms with E-state index in [1.54, 1.807) is 0 Å². The van der Waals surface area contributed by atoms with E-state index in [1.807, 2.05) is 31.2 Å². The molecule has 7 heteroatoms. The first-order chi connectivity index (χ1) is 10.6. The van der Waals surface area contributed by atoms with Crippen LogP contribution in [-0.4, -0.2) is 27.3 Å². The summed E-state index contributed by atoms with van der Waals surface area (Å²) in [5.41, 5.74) is 2.13. The number of hydrogen-bond donors (Lipinski definition) is 2. The van der Waals surface area contributed by atoms with E-state index in [0.717, 1.165) is 18.4 Å². The van der Waals surface area contributed by atoms with Crippen LogP contribution in [0.5, 0.6) is 0 Å². The first-order valence-corrected chi connectivity index (χ1v) is 7.52. The molecule has 1 atom stereocenters. The molecule has 0 amide bonds. The van der Waals surface area contributed by atoms with Crippen LogP contribution in [0.2, 0.25) is 0 Å². The Kier molecular flexibility index (Phi) is 7.71. The summed E-state index contributed by atoms with van der Waals surface area (Å²) in [7, 11) is 0. The second-order valence-corrected chi connectivity index (χ2v) is 5.12. The van der Waals surface area contributed by atoms with Crippen LogP contribution in [0.15, 0.2) is 28.8 Å². The molecule has 0 spiro atoms. The van der Waals surface area contributed by atoms with Crippen molar-refractivity contribution in [1.29, 1.82) is 0 Å². The minimum Gasteiger partial charge on any atom is -0.480 e. The average molecular weight is 340 g/mol. The maximum Gasteiger partial charge on any atom is 0.320 e. The van der Waals surface area contributed by atoms with Gasteiger partial charge in [0.15, 0.2) is 0 Å². The number of hydrogen-bond acceptors (Lipinski definition) is 5. The van der Waals surface area contributed by atoms with Crippen LogP contribution in [0.3, 0.4) is 0 Å². The van der Waals surface area contributed by atoms with Gasteiger partial charge in [-0.1, -0.05) is 49.7 Å². The Bertz CT molecular complexity index is 613. The van der Waals surface area contributed by atoms with Gasteiger partial charge in [-0.25, -0.2) is 0 Å². The van der Waals surface area contributed by atoms with Crippen molar-refractivity contribution in [3.05, 3.63) is 35.7 Å². The summed E-state index contributed by atoms with van der Waals surface area (Å²) in [6.07, 6.45) is 2.34. The second-order valence-electron chi connectivity index (χ2n) is 5.12. The molecule has 6 nitrogen and oxygen atoms in total. The molecule has 0 aliphatic heterocycles. The topological polar surface area (TPSA) is 88.3 Å². The average Bonchev–Trinajstić information content (AvgIpc) is 3.00. The summed E-state index contributed by atoms with van der Waals surface area (Å²) in [6, 6.07) is 7.39. The molecule has 1 aromatic carbocycles. The highest BCUT2D eigenvalue weighted by atomic mass is 35.5. The van der Waals surface area contributed by atoms with Crippen LogP contribution < -0.4 is 5.32 Å². The van der Waals surface area contributed by atoms with Gasteiger partial charge in [0.1, 0.15) is 6.04 Å². The molecule has 126 valence electrons. The van der Waals surface area contributed by atoms with E-state index >= 15 is 0 Å². The fourth-order valence-electron chi connectivity index (χ4n) is 2.15. The van der Waals surface area contributed by atoms with Crippen LogP contribution in [0.1, 0.15) is 38.1 Å². The lowest BCUT2D eigenvalue weighted by Crippen LogP contribution is -2.36. The molecule has 2 N–H and O–H groups in total. The molecule has 0 aliphatic rings. The number of aliphatic carboxylic acids is 1. The molecule has 0 fully saturated rings. The van der Waals surface area contributed by atoms with Crippen molar-refractivity contribution < 1.29 is 14.4 Å². The van der Waals surface area contributed by atoms with Crippen LogP contribution >= 0.6 is 12.4 Å². The highest BCUT2D eigenvalue weighted by molar-refractivity contribution is 5.85. The van der Waals surface area contributed by atoms with E-state index in [4.69, 9.17) is 9.63 Å². The van der Waals surface area contributed by atoms with E-state index < -0.39 is 12.0 Å². The summed E-state index contributed by atoms with van der Waals surface area (Å²) < 4.78 is 5.17. The number of halogens is 1. The second kappa shape index (κ2) is 9.27. The zero-order valence-electron chi connectivity index (χ0n) is 13.3. The van der Waals surface area contributed by atoms with Crippen LogP contribution in [0.25, 0.3) is 11.4 Å². The van der Waals surface area contributed by atoms with Crippen LogP contribution in [-0.2, 0) is 17.8 Å². The van der Waals surface area contributed by atoms with Gasteiger partial charge in [-0.3, -0.25) is 10.1 Å². The van der Waals surface area contributed by atoms with Crippen molar-refractivity contribution in [3.8, 4) is 11.4 Å². The molecule has 23 heavy (non-hydrogen) atoms. The Labute approximate surface area is 141 Å². The molecular weight excluding hydrogens is 318 g/mol. The number of benzene rings is 1. The third-order valence-electron chi connectivity index (χ3n) is 3.46. The Morgan fingerprint density at radius 2 is 2.00 bits per heavy atom. The monoisotopic (exact) mass is 339 g/mol. The SMILES string of the molecule is CCCC(NCc1nc(-c2ccc(CC)cc2)no1)C(=O)O.Cl. The smallest absolute Gasteiger partial charge is 0.320 e. The van der Waals surface area contributed by atoms with E-state index in [-0.39, 0.29) is 19.0 Å². The third kappa shape index (κ3) is 5.33. The first kappa shape index (κ1) is 19.1. The van der Waals surface area contributed by atoms with E-state index in [2.05, 4.69) is 22.4 Å². The zero-order chi connectivity index (χ0) is 15.9. The molecule has 1 aromatic heterocycles. The van der Waals surface area contributed by atoms with Crippen molar-refractivity contribution in [2.45, 2.75) is 45.7 Å². The van der Waals surface area contributed by atoms with Crippen molar-refractivity contribution in [3.63, 3.8) is 0 Å². The van der Waals surface area contributed by atoms with Gasteiger partial charge in [0.05, 0.1) is 6.54 Å². The van der Waals surface area contributed by atoms with Crippen molar-refractivity contribution in [2.75, 3.05) is 0 Å². The van der Waals surface area contributed by atoms with Gasteiger partial charge in [0, 0.05) is 5.56 Å². The van der Waals surface area contributed by atoms with Gasteiger partial charge in [-0.05, 0) is 18.4 Å². The van der Waals surface area contributed by atoms with Crippen LogP contribution in [0.4, 0.5) is 0 Å². The number of aromatic nitrogens is 2. The lowest BCUT2D eigenvalue weighted by molar-refractivity contribution is -0.139. The van der Waals surface area contributed by atoms with E-state index in [0.29, 0.717) is 18.1 Å². The number of rotatable bonds is 8. The third-order valence-corrected chi connectivity index (χ3v) is 3.46. The normalized spacial score (nSPS) is 11.7. The van der Waals surface area contributed by atoms with Crippen molar-refractivity contribution in [1.82, 2.24) is 15.5 Å². The summed E-state index contributed by atoms with van der Waals surface area (Å²) in [5, 5.41) is 15.9. The van der Waals surface area contributed by atoms with Crippen LogP contribution in [0, 0.1) is 0 Å². The van der Waals surface area contributed by atoms with Crippen molar-refractivity contribution in [2.24, 2.45) is 0 Å². The molecule has 0 bridgehead atoms. The number of carboxylic acid groups (broad SMARTS) is 1. The summed E-state index contributed by atoms with van der Waals surface area (Å²) in [6.45, 7) is 4.29. The number of nitrogens with one attached hydrogen (secondary N) is 1. The Balaban J connectivity index is 0.00000264. The van der Waals surface area contributed by atoms with Gasteiger partial charge in [-0.15, -0.1) is 12.4 Å². The highest BCUT2D eigenvalue weighted by Gasteiger charge is 2.17. The van der Waals surface area contributed by atoms with Gasteiger partial charge in [0.25, 0.3) is 0 Å². The quantitative estimate of drug-likeness (QED) is 0.768. The lowest BCUT2D eigenvalue weighted by Gasteiger charge is -2.11. The lowest BCUT2D eigenvalue weighted by atomic mass is 10.1. The Morgan fingerprint density at radius 3 is 2.57 bits per heavy atom. The molecular formula is C16H22ClN3O3. The van der Waals surface area contributed by atoms with E-state index in [1.165, 1.54) is 5.56 Å². The fraction of sp³-hybridized carbons (Fsp3) is 0.438.